The fourth-order valence-corrected chi connectivity index (χ4v) is 1.91. The zero-order chi connectivity index (χ0) is 16.7. The van der Waals surface area contributed by atoms with Gasteiger partial charge in [0.25, 0.3) is 5.91 Å². The number of carbonyl (C=O) groups is 2. The molecule has 0 bridgehead atoms. The van der Waals surface area contributed by atoms with E-state index in [9.17, 15) is 22.8 Å². The topological polar surface area (TPSA) is 95.1 Å². The third-order valence-electron chi connectivity index (χ3n) is 2.97. The molecule has 22 heavy (non-hydrogen) atoms. The molecule has 0 fully saturated rings. The molecule has 1 atom stereocenters. The summed E-state index contributed by atoms with van der Waals surface area (Å²) in [6, 6.07) is 1.17. The van der Waals surface area contributed by atoms with Gasteiger partial charge in [-0.2, -0.15) is 13.2 Å². The maximum atomic E-state index is 13.0. The lowest BCUT2D eigenvalue weighted by Crippen LogP contribution is -2.38. The fraction of sp³-hybridized carbons (Fsp3) is 0.308. The van der Waals surface area contributed by atoms with Crippen LogP contribution in [0.15, 0.2) is 12.1 Å². The van der Waals surface area contributed by atoms with Crippen molar-refractivity contribution in [3.8, 4) is 0 Å². The molecule has 3 N–H and O–H groups in total. The summed E-state index contributed by atoms with van der Waals surface area (Å²) in [4.78, 5) is 28.6. The molecular formula is C13H12F3N3O3. The minimum Gasteiger partial charge on any atom is -0.480 e. The zero-order valence-corrected chi connectivity index (χ0v) is 11.6. The number of carbonyl (C=O) groups excluding carboxylic acids is 1. The molecule has 0 saturated carbocycles. The van der Waals surface area contributed by atoms with Gasteiger partial charge in [-0.05, 0) is 31.5 Å². The Hall–Kier alpha value is -2.58. The van der Waals surface area contributed by atoms with Crippen LogP contribution in [0.25, 0.3) is 11.0 Å². The van der Waals surface area contributed by atoms with Crippen molar-refractivity contribution in [1.82, 2.24) is 15.3 Å². The molecule has 9 heteroatoms. The van der Waals surface area contributed by atoms with Crippen LogP contribution >= 0.6 is 0 Å². The lowest BCUT2D eigenvalue weighted by atomic mass is 10.1. The Morgan fingerprint density at radius 2 is 2.00 bits per heavy atom. The Balaban J connectivity index is 2.47. The first kappa shape index (κ1) is 15.8. The Kier molecular flexibility index (Phi) is 3.82. The molecule has 0 saturated heterocycles. The van der Waals surface area contributed by atoms with Crippen molar-refractivity contribution in [2.24, 2.45) is 0 Å². The summed E-state index contributed by atoms with van der Waals surface area (Å²) in [7, 11) is 0. The highest BCUT2D eigenvalue weighted by Crippen LogP contribution is 2.34. The summed E-state index contributed by atoms with van der Waals surface area (Å²) in [6.07, 6.45) is -4.61. The van der Waals surface area contributed by atoms with Gasteiger partial charge in [-0.1, -0.05) is 0 Å². The molecule has 0 spiro atoms. The summed E-state index contributed by atoms with van der Waals surface area (Å²) < 4.78 is 39.0. The van der Waals surface area contributed by atoms with Crippen molar-refractivity contribution in [2.45, 2.75) is 26.1 Å². The first-order valence-electron chi connectivity index (χ1n) is 6.21. The van der Waals surface area contributed by atoms with E-state index in [0.717, 1.165) is 6.07 Å². The summed E-state index contributed by atoms with van der Waals surface area (Å²) in [6.45, 7) is 2.72. The van der Waals surface area contributed by atoms with Gasteiger partial charge in [-0.25, -0.2) is 4.98 Å². The van der Waals surface area contributed by atoms with E-state index in [2.05, 4.69) is 15.3 Å². The zero-order valence-electron chi connectivity index (χ0n) is 11.6. The number of carboxylic acids is 1. The number of nitrogens with one attached hydrogen (secondary N) is 2. The number of amides is 1. The highest BCUT2D eigenvalue weighted by Gasteiger charge is 2.34. The number of aryl methyl sites for hydroxylation is 1. The number of carboxylic acid groups (broad SMARTS) is 1. The molecular weight excluding hydrogens is 303 g/mol. The number of halogens is 3. The molecule has 0 unspecified atom stereocenters. The number of aromatic amines is 1. The van der Waals surface area contributed by atoms with E-state index in [1.807, 2.05) is 0 Å². The third-order valence-corrected chi connectivity index (χ3v) is 2.97. The number of alkyl halides is 3. The van der Waals surface area contributed by atoms with Gasteiger partial charge in [0.15, 0.2) is 5.82 Å². The molecule has 0 radical (unpaired) electrons. The quantitative estimate of drug-likeness (QED) is 0.808. The second-order valence-corrected chi connectivity index (χ2v) is 4.83. The van der Waals surface area contributed by atoms with E-state index in [1.54, 1.807) is 0 Å². The Labute approximate surface area is 122 Å². The summed E-state index contributed by atoms with van der Waals surface area (Å²) in [5.74, 6) is -2.53. The molecule has 1 aromatic heterocycles. The number of nitrogens with zero attached hydrogens (tertiary/aromatic N) is 1. The number of aliphatic carboxylic acids is 1. The van der Waals surface area contributed by atoms with Gasteiger partial charge in [0.2, 0.25) is 0 Å². The molecule has 1 amide bonds. The molecule has 1 aromatic carbocycles. The number of aromatic nitrogens is 2. The van der Waals surface area contributed by atoms with E-state index in [1.165, 1.54) is 19.9 Å². The lowest BCUT2D eigenvalue weighted by molar-refractivity contribution is -0.139. The molecule has 118 valence electrons. The van der Waals surface area contributed by atoms with Gasteiger partial charge in [0, 0.05) is 0 Å². The summed E-state index contributed by atoms with van der Waals surface area (Å²) >= 11 is 0. The van der Waals surface area contributed by atoms with E-state index >= 15 is 0 Å². The maximum Gasteiger partial charge on any atom is 0.418 e. The predicted molar refractivity (Wildman–Crippen MR) is 70.4 cm³/mol. The van der Waals surface area contributed by atoms with E-state index in [0.29, 0.717) is 5.56 Å². The molecule has 0 aliphatic rings. The minimum atomic E-state index is -4.61. The van der Waals surface area contributed by atoms with Crippen LogP contribution in [0.4, 0.5) is 13.2 Å². The van der Waals surface area contributed by atoms with Crippen LogP contribution in [0.3, 0.4) is 0 Å². The van der Waals surface area contributed by atoms with Crippen LogP contribution in [-0.4, -0.2) is 33.0 Å². The molecule has 1 heterocycles. The normalized spacial score (nSPS) is 13.1. The standard InChI is InChI=1S/C13H12F3N3O3/c1-5-3-7(13(14,15)16)9-8(4-5)18-10(19-9)11(20)17-6(2)12(21)22/h3-4,6H,1-2H3,(H,17,20)(H,18,19)(H,21,22)/t6-/m0/s1. The third kappa shape index (κ3) is 3.02. The number of fused-ring (bicyclic) bond motifs is 1. The number of hydrogen-bond acceptors (Lipinski definition) is 3. The molecule has 6 nitrogen and oxygen atoms in total. The van der Waals surface area contributed by atoms with E-state index in [-0.39, 0.29) is 16.9 Å². The first-order chi connectivity index (χ1) is 10.1. The van der Waals surface area contributed by atoms with Gasteiger partial charge in [-0.3, -0.25) is 9.59 Å². The van der Waals surface area contributed by atoms with E-state index < -0.39 is 29.7 Å². The molecule has 2 aromatic rings. The van der Waals surface area contributed by atoms with Crippen LogP contribution < -0.4 is 5.32 Å². The van der Waals surface area contributed by atoms with Crippen molar-refractivity contribution >= 4 is 22.9 Å². The van der Waals surface area contributed by atoms with Gasteiger partial charge in [0.1, 0.15) is 11.6 Å². The minimum absolute atomic E-state index is 0.0560. The van der Waals surface area contributed by atoms with Crippen LogP contribution in [0.2, 0.25) is 0 Å². The highest BCUT2D eigenvalue weighted by atomic mass is 19.4. The fourth-order valence-electron chi connectivity index (χ4n) is 1.91. The lowest BCUT2D eigenvalue weighted by Gasteiger charge is -2.08. The van der Waals surface area contributed by atoms with Crippen molar-refractivity contribution in [1.29, 1.82) is 0 Å². The summed E-state index contributed by atoms with van der Waals surface area (Å²) in [5.41, 5.74) is -0.926. The maximum absolute atomic E-state index is 13.0. The van der Waals surface area contributed by atoms with Crippen LogP contribution in [0, 0.1) is 6.92 Å². The first-order valence-corrected chi connectivity index (χ1v) is 6.21. The molecule has 2 rings (SSSR count). The van der Waals surface area contributed by atoms with Gasteiger partial charge >= 0.3 is 12.1 Å². The van der Waals surface area contributed by atoms with Crippen molar-refractivity contribution in [3.05, 3.63) is 29.1 Å². The van der Waals surface area contributed by atoms with Gasteiger partial charge < -0.3 is 15.4 Å². The Morgan fingerprint density at radius 3 is 2.55 bits per heavy atom. The monoisotopic (exact) mass is 315 g/mol. The summed E-state index contributed by atoms with van der Waals surface area (Å²) in [5, 5.41) is 10.8. The number of imidazole rings is 1. The van der Waals surface area contributed by atoms with Crippen LogP contribution in [0.1, 0.15) is 28.7 Å². The van der Waals surface area contributed by atoms with Crippen LogP contribution in [0.5, 0.6) is 0 Å². The Morgan fingerprint density at radius 1 is 1.36 bits per heavy atom. The average Bonchev–Trinajstić information content (AvgIpc) is 2.79. The van der Waals surface area contributed by atoms with Crippen molar-refractivity contribution in [3.63, 3.8) is 0 Å². The van der Waals surface area contributed by atoms with Crippen molar-refractivity contribution in [2.75, 3.05) is 0 Å². The molecule has 0 aliphatic carbocycles. The molecule has 0 aliphatic heterocycles. The van der Waals surface area contributed by atoms with Gasteiger partial charge in [-0.15, -0.1) is 0 Å². The number of hydrogen-bond donors (Lipinski definition) is 3. The van der Waals surface area contributed by atoms with Crippen LogP contribution in [-0.2, 0) is 11.0 Å². The highest BCUT2D eigenvalue weighted by molar-refractivity contribution is 5.96. The van der Waals surface area contributed by atoms with Gasteiger partial charge in [0.05, 0.1) is 11.1 Å². The average molecular weight is 315 g/mol. The Bertz CT molecular complexity index is 752. The largest absolute Gasteiger partial charge is 0.480 e. The predicted octanol–water partition coefficient (Wildman–Crippen LogP) is 2.09. The second kappa shape index (κ2) is 5.32. The van der Waals surface area contributed by atoms with E-state index in [4.69, 9.17) is 5.11 Å². The SMILES string of the molecule is Cc1cc(C(F)(F)F)c2nc(C(=O)N[C@@H](C)C(=O)O)[nH]c2c1. The van der Waals surface area contributed by atoms with Crippen molar-refractivity contribution < 1.29 is 27.9 Å². The number of rotatable bonds is 3. The smallest absolute Gasteiger partial charge is 0.418 e. The number of benzene rings is 1. The second-order valence-electron chi connectivity index (χ2n) is 4.83. The number of H-pyrrole nitrogens is 1.